The molecule has 1 aliphatic rings. The molecule has 0 radical (unpaired) electrons. The summed E-state index contributed by atoms with van der Waals surface area (Å²) in [6, 6.07) is 4.00. The number of rotatable bonds is 3. The van der Waals surface area contributed by atoms with Crippen LogP contribution in [0.1, 0.15) is 24.8 Å². The highest BCUT2D eigenvalue weighted by Crippen LogP contribution is 2.17. The van der Waals surface area contributed by atoms with Crippen molar-refractivity contribution in [1.82, 2.24) is 10.3 Å². The largest absolute Gasteiger partial charge is 0.352 e. The van der Waals surface area contributed by atoms with Crippen LogP contribution in [-0.4, -0.2) is 23.0 Å². The van der Waals surface area contributed by atoms with Gasteiger partial charge in [-0.1, -0.05) is 0 Å². The van der Waals surface area contributed by atoms with E-state index in [2.05, 4.69) is 10.3 Å². The first kappa shape index (κ1) is 11.1. The number of amides is 1. The lowest BCUT2D eigenvalue weighted by molar-refractivity contribution is -0.121. The Morgan fingerprint density at radius 3 is 2.81 bits per heavy atom. The van der Waals surface area contributed by atoms with E-state index in [0.29, 0.717) is 6.42 Å². The molecule has 0 spiro atoms. The Bertz CT molecular complexity index is 353. The summed E-state index contributed by atoms with van der Waals surface area (Å²) in [6.07, 6.45) is 6.93. The average Bonchev–Trinajstić information content (AvgIpc) is 2.66. The van der Waals surface area contributed by atoms with Crippen molar-refractivity contribution in [3.8, 4) is 0 Å². The zero-order valence-corrected chi connectivity index (χ0v) is 9.23. The molecule has 1 amide bonds. The summed E-state index contributed by atoms with van der Waals surface area (Å²) in [4.78, 5) is 15.6. The van der Waals surface area contributed by atoms with Gasteiger partial charge in [0.15, 0.2) is 0 Å². The van der Waals surface area contributed by atoms with Crippen LogP contribution in [0, 0.1) is 0 Å². The molecule has 0 bridgehead atoms. The first-order valence-corrected chi connectivity index (χ1v) is 5.69. The van der Waals surface area contributed by atoms with Gasteiger partial charge in [-0.2, -0.15) is 0 Å². The first-order chi connectivity index (χ1) is 7.75. The van der Waals surface area contributed by atoms with E-state index in [1.54, 1.807) is 12.4 Å². The molecule has 1 aromatic rings. The number of pyridine rings is 1. The van der Waals surface area contributed by atoms with Crippen molar-refractivity contribution < 1.29 is 4.79 Å². The lowest BCUT2D eigenvalue weighted by atomic mass is 10.1. The Balaban J connectivity index is 1.85. The van der Waals surface area contributed by atoms with Gasteiger partial charge in [0.05, 0.1) is 6.42 Å². The van der Waals surface area contributed by atoms with Gasteiger partial charge < -0.3 is 11.1 Å². The topological polar surface area (TPSA) is 68.0 Å². The molecule has 1 aliphatic carbocycles. The van der Waals surface area contributed by atoms with E-state index in [1.165, 1.54) is 0 Å². The van der Waals surface area contributed by atoms with E-state index >= 15 is 0 Å². The summed E-state index contributed by atoms with van der Waals surface area (Å²) >= 11 is 0. The molecule has 86 valence electrons. The molecule has 4 heteroatoms. The number of nitrogens with one attached hydrogen (secondary N) is 1. The van der Waals surface area contributed by atoms with Gasteiger partial charge in [0, 0.05) is 24.5 Å². The maximum atomic E-state index is 11.7. The summed E-state index contributed by atoms with van der Waals surface area (Å²) in [5, 5.41) is 2.99. The van der Waals surface area contributed by atoms with Gasteiger partial charge in [-0.15, -0.1) is 0 Å². The summed E-state index contributed by atoms with van der Waals surface area (Å²) < 4.78 is 0. The SMILES string of the molecule is NC1CCCC1NC(=O)Cc1ccncc1. The van der Waals surface area contributed by atoms with Crippen LogP contribution in [0.15, 0.2) is 24.5 Å². The summed E-state index contributed by atoms with van der Waals surface area (Å²) in [6.45, 7) is 0. The van der Waals surface area contributed by atoms with Crippen LogP contribution in [0.5, 0.6) is 0 Å². The van der Waals surface area contributed by atoms with Crippen molar-refractivity contribution in [2.45, 2.75) is 37.8 Å². The minimum atomic E-state index is 0.0496. The van der Waals surface area contributed by atoms with Crippen molar-refractivity contribution in [3.63, 3.8) is 0 Å². The lowest BCUT2D eigenvalue weighted by Gasteiger charge is -2.17. The van der Waals surface area contributed by atoms with E-state index in [0.717, 1.165) is 24.8 Å². The normalized spacial score (nSPS) is 24.3. The third kappa shape index (κ3) is 2.79. The molecule has 2 rings (SSSR count). The zero-order chi connectivity index (χ0) is 11.4. The highest BCUT2D eigenvalue weighted by molar-refractivity contribution is 5.78. The van der Waals surface area contributed by atoms with Crippen LogP contribution in [0.25, 0.3) is 0 Å². The van der Waals surface area contributed by atoms with Gasteiger partial charge in [-0.05, 0) is 37.0 Å². The number of nitrogens with zero attached hydrogens (tertiary/aromatic N) is 1. The van der Waals surface area contributed by atoms with Gasteiger partial charge in [-0.25, -0.2) is 0 Å². The van der Waals surface area contributed by atoms with E-state index in [-0.39, 0.29) is 18.0 Å². The van der Waals surface area contributed by atoms with Crippen molar-refractivity contribution in [3.05, 3.63) is 30.1 Å². The fraction of sp³-hybridized carbons (Fsp3) is 0.500. The lowest BCUT2D eigenvalue weighted by Crippen LogP contribution is -2.44. The molecule has 3 N–H and O–H groups in total. The molecule has 2 atom stereocenters. The second-order valence-corrected chi connectivity index (χ2v) is 4.30. The van der Waals surface area contributed by atoms with Crippen LogP contribution >= 0.6 is 0 Å². The van der Waals surface area contributed by atoms with Crippen molar-refractivity contribution >= 4 is 5.91 Å². The summed E-state index contributed by atoms with van der Waals surface area (Å²) in [5.74, 6) is 0.0496. The van der Waals surface area contributed by atoms with Crippen molar-refractivity contribution in [2.75, 3.05) is 0 Å². The molecule has 0 aromatic carbocycles. The number of hydrogen-bond donors (Lipinski definition) is 2. The van der Waals surface area contributed by atoms with E-state index in [4.69, 9.17) is 5.73 Å². The molecule has 1 saturated carbocycles. The van der Waals surface area contributed by atoms with Gasteiger partial charge in [0.2, 0.25) is 5.91 Å². The molecule has 4 nitrogen and oxygen atoms in total. The van der Waals surface area contributed by atoms with Gasteiger partial charge in [0.25, 0.3) is 0 Å². The van der Waals surface area contributed by atoms with E-state index in [1.807, 2.05) is 12.1 Å². The second kappa shape index (κ2) is 5.07. The summed E-state index contributed by atoms with van der Waals surface area (Å²) in [5.41, 5.74) is 6.88. The molecule has 0 saturated heterocycles. The smallest absolute Gasteiger partial charge is 0.224 e. The molecule has 2 unspecified atom stereocenters. The van der Waals surface area contributed by atoms with Crippen LogP contribution < -0.4 is 11.1 Å². The number of carbonyl (C=O) groups is 1. The van der Waals surface area contributed by atoms with Gasteiger partial charge in [0.1, 0.15) is 0 Å². The molecular formula is C12H17N3O. The average molecular weight is 219 g/mol. The molecule has 1 heterocycles. The standard InChI is InChI=1S/C12H17N3O/c13-10-2-1-3-11(10)15-12(16)8-9-4-6-14-7-5-9/h4-7,10-11H,1-3,8,13H2,(H,15,16). The van der Waals surface area contributed by atoms with Crippen LogP contribution in [0.2, 0.25) is 0 Å². The monoisotopic (exact) mass is 219 g/mol. The van der Waals surface area contributed by atoms with Gasteiger partial charge >= 0.3 is 0 Å². The highest BCUT2D eigenvalue weighted by atomic mass is 16.1. The fourth-order valence-corrected chi connectivity index (χ4v) is 2.11. The second-order valence-electron chi connectivity index (χ2n) is 4.30. The number of nitrogens with two attached hydrogens (primary N) is 1. The first-order valence-electron chi connectivity index (χ1n) is 5.69. The van der Waals surface area contributed by atoms with Crippen LogP contribution in [0.3, 0.4) is 0 Å². The fourth-order valence-electron chi connectivity index (χ4n) is 2.11. The number of carbonyl (C=O) groups excluding carboxylic acids is 1. The Morgan fingerprint density at radius 1 is 1.44 bits per heavy atom. The minimum absolute atomic E-state index is 0.0496. The molecule has 1 aromatic heterocycles. The Kier molecular flexibility index (Phi) is 3.51. The maximum absolute atomic E-state index is 11.7. The minimum Gasteiger partial charge on any atom is -0.352 e. The third-order valence-corrected chi connectivity index (χ3v) is 3.03. The van der Waals surface area contributed by atoms with E-state index in [9.17, 15) is 4.79 Å². The summed E-state index contributed by atoms with van der Waals surface area (Å²) in [7, 11) is 0. The maximum Gasteiger partial charge on any atom is 0.224 e. The third-order valence-electron chi connectivity index (χ3n) is 3.03. The molecule has 0 aliphatic heterocycles. The predicted octanol–water partition coefficient (Wildman–Crippen LogP) is 0.620. The molecule has 16 heavy (non-hydrogen) atoms. The molecular weight excluding hydrogens is 202 g/mol. The predicted molar refractivity (Wildman–Crippen MR) is 61.7 cm³/mol. The van der Waals surface area contributed by atoms with E-state index < -0.39 is 0 Å². The van der Waals surface area contributed by atoms with Gasteiger partial charge in [-0.3, -0.25) is 9.78 Å². The highest BCUT2D eigenvalue weighted by Gasteiger charge is 2.24. The van der Waals surface area contributed by atoms with Crippen molar-refractivity contribution in [1.29, 1.82) is 0 Å². The quantitative estimate of drug-likeness (QED) is 0.783. The Labute approximate surface area is 95.3 Å². The van der Waals surface area contributed by atoms with Crippen LogP contribution in [0.4, 0.5) is 0 Å². The Morgan fingerprint density at radius 2 is 2.19 bits per heavy atom. The number of aromatic nitrogens is 1. The van der Waals surface area contributed by atoms with Crippen molar-refractivity contribution in [2.24, 2.45) is 5.73 Å². The Hall–Kier alpha value is -1.42. The zero-order valence-electron chi connectivity index (χ0n) is 9.23. The number of hydrogen-bond acceptors (Lipinski definition) is 3. The molecule has 1 fully saturated rings. The van der Waals surface area contributed by atoms with Crippen LogP contribution in [-0.2, 0) is 11.2 Å².